The normalized spacial score (nSPS) is 14.9. The fourth-order valence-electron chi connectivity index (χ4n) is 1.50. The summed E-state index contributed by atoms with van der Waals surface area (Å²) in [6, 6.07) is 2.31. The molecule has 1 N–H and O–H groups in total. The monoisotopic (exact) mass is 241 g/mol. The zero-order valence-corrected chi connectivity index (χ0v) is 11.9. The molecule has 0 heterocycles. The molecule has 0 radical (unpaired) electrons. The van der Waals surface area contributed by atoms with Gasteiger partial charge in [-0.25, -0.2) is 0 Å². The van der Waals surface area contributed by atoms with Gasteiger partial charge in [-0.3, -0.25) is 0 Å². The molecule has 0 aromatic rings. The number of rotatable bonds is 9. The van der Waals surface area contributed by atoms with Gasteiger partial charge in [0, 0.05) is 6.54 Å². The Morgan fingerprint density at radius 2 is 2.06 bits per heavy atom. The fourth-order valence-corrected chi connectivity index (χ4v) is 1.50. The van der Waals surface area contributed by atoms with E-state index in [2.05, 4.69) is 23.3 Å². The van der Waals surface area contributed by atoms with Crippen molar-refractivity contribution in [3.63, 3.8) is 0 Å². The predicted molar refractivity (Wildman–Crippen MR) is 70.9 cm³/mol. The molecule has 0 saturated carbocycles. The molecular weight excluding hydrogens is 214 g/mol. The number of likely N-dealkylation sites (N-methyl/N-ethyl adjacent to an activating group) is 1. The summed E-state index contributed by atoms with van der Waals surface area (Å²) in [5, 5.41) is 12.1. The van der Waals surface area contributed by atoms with Crippen LogP contribution in [0.2, 0.25) is 0 Å². The topological polar surface area (TPSA) is 48.3 Å². The van der Waals surface area contributed by atoms with Gasteiger partial charge in [0.2, 0.25) is 0 Å². The van der Waals surface area contributed by atoms with E-state index in [-0.39, 0.29) is 0 Å². The number of ether oxygens (including phenoxy) is 1. The van der Waals surface area contributed by atoms with Crippen LogP contribution < -0.4 is 5.32 Å². The Balaban J connectivity index is 3.64. The van der Waals surface area contributed by atoms with Crippen molar-refractivity contribution < 1.29 is 4.74 Å². The lowest BCUT2D eigenvalue weighted by atomic mass is 9.98. The SMILES string of the molecule is CNC(C)(C#N)CCCN(C)CCOC(C)C. The maximum Gasteiger partial charge on any atom is 0.103 e. The first kappa shape index (κ1) is 16.4. The minimum atomic E-state index is -0.394. The Hall–Kier alpha value is -0.630. The fraction of sp³-hybridized carbons (Fsp3) is 0.923. The van der Waals surface area contributed by atoms with E-state index < -0.39 is 5.54 Å². The second-order valence-corrected chi connectivity index (χ2v) is 5.02. The molecule has 0 rings (SSSR count). The van der Waals surface area contributed by atoms with Crippen molar-refractivity contribution in [1.82, 2.24) is 10.2 Å². The molecule has 0 saturated heterocycles. The molecule has 4 nitrogen and oxygen atoms in total. The molecule has 4 heteroatoms. The van der Waals surface area contributed by atoms with Crippen molar-refractivity contribution in [3.05, 3.63) is 0 Å². The number of nitrogens with one attached hydrogen (secondary N) is 1. The van der Waals surface area contributed by atoms with Crippen molar-refractivity contribution >= 4 is 0 Å². The van der Waals surface area contributed by atoms with Gasteiger partial charge in [-0.1, -0.05) is 0 Å². The van der Waals surface area contributed by atoms with Crippen LogP contribution in [-0.4, -0.2) is 50.3 Å². The Labute approximate surface area is 106 Å². The van der Waals surface area contributed by atoms with Crippen LogP contribution in [-0.2, 0) is 4.74 Å². The number of hydrogen-bond donors (Lipinski definition) is 1. The van der Waals surface area contributed by atoms with E-state index in [9.17, 15) is 0 Å². The van der Waals surface area contributed by atoms with Gasteiger partial charge in [0.25, 0.3) is 0 Å². The van der Waals surface area contributed by atoms with Gasteiger partial charge in [0.05, 0.1) is 18.8 Å². The molecule has 0 fully saturated rings. The molecule has 1 atom stereocenters. The van der Waals surface area contributed by atoms with E-state index in [1.807, 2.05) is 27.8 Å². The van der Waals surface area contributed by atoms with Crippen LogP contribution in [0.5, 0.6) is 0 Å². The second-order valence-electron chi connectivity index (χ2n) is 5.02. The van der Waals surface area contributed by atoms with E-state index in [1.54, 1.807) is 0 Å². The molecule has 0 aromatic carbocycles. The van der Waals surface area contributed by atoms with Crippen LogP contribution >= 0.6 is 0 Å². The largest absolute Gasteiger partial charge is 0.377 e. The Bertz CT molecular complexity index is 237. The highest BCUT2D eigenvalue weighted by Gasteiger charge is 2.20. The van der Waals surface area contributed by atoms with Crippen molar-refractivity contribution in [2.45, 2.75) is 45.3 Å². The molecule has 100 valence electrons. The first-order valence-corrected chi connectivity index (χ1v) is 6.34. The summed E-state index contributed by atoms with van der Waals surface area (Å²) >= 11 is 0. The maximum atomic E-state index is 9.01. The molecule has 0 amide bonds. The minimum absolute atomic E-state index is 0.301. The van der Waals surface area contributed by atoms with Crippen molar-refractivity contribution in [3.8, 4) is 6.07 Å². The van der Waals surface area contributed by atoms with E-state index in [1.165, 1.54) is 0 Å². The summed E-state index contributed by atoms with van der Waals surface area (Å²) in [5.41, 5.74) is -0.394. The van der Waals surface area contributed by atoms with Crippen molar-refractivity contribution in [2.75, 3.05) is 33.8 Å². The van der Waals surface area contributed by atoms with Crippen LogP contribution in [0.4, 0.5) is 0 Å². The molecule has 1 unspecified atom stereocenters. The zero-order chi connectivity index (χ0) is 13.3. The Kier molecular flexibility index (Phi) is 8.15. The second kappa shape index (κ2) is 8.46. The molecule has 0 bridgehead atoms. The quantitative estimate of drug-likeness (QED) is 0.666. The average Bonchev–Trinajstić information content (AvgIpc) is 2.28. The summed E-state index contributed by atoms with van der Waals surface area (Å²) in [5.74, 6) is 0. The summed E-state index contributed by atoms with van der Waals surface area (Å²) in [6.45, 7) is 8.75. The predicted octanol–water partition coefficient (Wildman–Crippen LogP) is 1.63. The van der Waals surface area contributed by atoms with Gasteiger partial charge in [-0.05, 0) is 54.3 Å². The lowest BCUT2D eigenvalue weighted by Crippen LogP contribution is -2.38. The van der Waals surface area contributed by atoms with E-state index in [4.69, 9.17) is 10.00 Å². The summed E-state index contributed by atoms with van der Waals surface area (Å²) in [4.78, 5) is 2.25. The highest BCUT2D eigenvalue weighted by atomic mass is 16.5. The summed E-state index contributed by atoms with van der Waals surface area (Å²) in [6.07, 6.45) is 2.19. The summed E-state index contributed by atoms with van der Waals surface area (Å²) in [7, 11) is 3.93. The van der Waals surface area contributed by atoms with Crippen molar-refractivity contribution in [2.24, 2.45) is 0 Å². The smallest absolute Gasteiger partial charge is 0.103 e. The summed E-state index contributed by atoms with van der Waals surface area (Å²) < 4.78 is 5.50. The van der Waals surface area contributed by atoms with Crippen LogP contribution in [0.25, 0.3) is 0 Å². The Morgan fingerprint density at radius 1 is 1.41 bits per heavy atom. The molecule has 0 aliphatic heterocycles. The molecule has 0 aliphatic rings. The molecule has 0 aromatic heterocycles. The van der Waals surface area contributed by atoms with Gasteiger partial charge < -0.3 is 15.0 Å². The van der Waals surface area contributed by atoms with Crippen LogP contribution in [0.3, 0.4) is 0 Å². The molecule has 17 heavy (non-hydrogen) atoms. The third kappa shape index (κ3) is 8.14. The number of hydrogen-bond acceptors (Lipinski definition) is 4. The first-order valence-electron chi connectivity index (χ1n) is 6.34. The van der Waals surface area contributed by atoms with Gasteiger partial charge >= 0.3 is 0 Å². The van der Waals surface area contributed by atoms with Gasteiger partial charge in [-0.2, -0.15) is 5.26 Å². The average molecular weight is 241 g/mol. The van der Waals surface area contributed by atoms with Gasteiger partial charge in [-0.15, -0.1) is 0 Å². The van der Waals surface area contributed by atoms with Crippen LogP contribution in [0.1, 0.15) is 33.6 Å². The van der Waals surface area contributed by atoms with E-state index in [0.717, 1.165) is 32.5 Å². The highest BCUT2D eigenvalue weighted by Crippen LogP contribution is 2.10. The zero-order valence-electron chi connectivity index (χ0n) is 11.9. The standard InChI is InChI=1S/C13H27N3O/c1-12(2)17-10-9-16(5)8-6-7-13(3,11-14)15-4/h12,15H,6-10H2,1-5H3. The Morgan fingerprint density at radius 3 is 2.53 bits per heavy atom. The van der Waals surface area contributed by atoms with Crippen LogP contribution in [0.15, 0.2) is 0 Å². The van der Waals surface area contributed by atoms with Gasteiger partial charge in [0.1, 0.15) is 5.54 Å². The van der Waals surface area contributed by atoms with E-state index in [0.29, 0.717) is 6.10 Å². The first-order chi connectivity index (χ1) is 7.93. The maximum absolute atomic E-state index is 9.01. The highest BCUT2D eigenvalue weighted by molar-refractivity contribution is 5.02. The third-order valence-corrected chi connectivity index (χ3v) is 2.94. The van der Waals surface area contributed by atoms with Crippen molar-refractivity contribution in [1.29, 1.82) is 5.26 Å². The minimum Gasteiger partial charge on any atom is -0.377 e. The number of nitriles is 1. The molecule has 0 spiro atoms. The van der Waals surface area contributed by atoms with Gasteiger partial charge in [0.15, 0.2) is 0 Å². The lowest BCUT2D eigenvalue weighted by molar-refractivity contribution is 0.0634. The van der Waals surface area contributed by atoms with Crippen LogP contribution in [0, 0.1) is 11.3 Å². The van der Waals surface area contributed by atoms with E-state index >= 15 is 0 Å². The molecule has 0 aliphatic carbocycles. The third-order valence-electron chi connectivity index (χ3n) is 2.94. The number of nitrogens with zero attached hydrogens (tertiary/aromatic N) is 2. The lowest BCUT2D eigenvalue weighted by Gasteiger charge is -2.23. The molecular formula is C13H27N3O.